The maximum Gasteiger partial charge on any atom is 0.224 e. The fourth-order valence-electron chi connectivity index (χ4n) is 3.59. The number of fused-ring (bicyclic) bond motifs is 1. The highest BCUT2D eigenvalue weighted by Gasteiger charge is 2.09. The molecule has 0 spiro atoms. The van der Waals surface area contributed by atoms with Crippen molar-refractivity contribution in [1.82, 2.24) is 19.5 Å². The molecule has 0 aliphatic rings. The molecule has 2 N–H and O–H groups in total. The summed E-state index contributed by atoms with van der Waals surface area (Å²) in [5, 5.41) is 5.90. The smallest absolute Gasteiger partial charge is 0.224 e. The average Bonchev–Trinajstić information content (AvgIpc) is 3.30. The number of carbonyl (C=O) groups is 1. The Kier molecular flexibility index (Phi) is 6.11. The number of nitrogens with one attached hydrogen (secondary N) is 2. The number of anilines is 2. The van der Waals surface area contributed by atoms with Crippen LogP contribution in [0.5, 0.6) is 11.5 Å². The molecule has 0 atom stereocenters. The van der Waals surface area contributed by atoms with Crippen molar-refractivity contribution in [2.75, 3.05) is 17.2 Å². The molecule has 168 valence electrons. The van der Waals surface area contributed by atoms with Gasteiger partial charge in [0.25, 0.3) is 0 Å². The number of aromatic nitrogens is 4. The summed E-state index contributed by atoms with van der Waals surface area (Å²) >= 11 is 0. The van der Waals surface area contributed by atoms with Gasteiger partial charge in [-0.1, -0.05) is 30.3 Å². The van der Waals surface area contributed by atoms with Crippen LogP contribution >= 0.6 is 0 Å². The normalized spacial score (nSPS) is 10.7. The van der Waals surface area contributed by atoms with Gasteiger partial charge in [-0.05, 0) is 54.4 Å². The van der Waals surface area contributed by atoms with Crippen LogP contribution in [-0.2, 0) is 11.2 Å². The third-order valence-corrected chi connectivity index (χ3v) is 5.26. The molecule has 0 aliphatic carbocycles. The summed E-state index contributed by atoms with van der Waals surface area (Å²) in [5.41, 5.74) is 3.66. The number of amides is 1. The maximum atomic E-state index is 10.6. The molecule has 8 heteroatoms. The van der Waals surface area contributed by atoms with Crippen LogP contribution in [0.4, 0.5) is 11.6 Å². The van der Waals surface area contributed by atoms with Gasteiger partial charge >= 0.3 is 0 Å². The molecular weight excluding hydrogens is 428 g/mol. The molecule has 8 nitrogen and oxygen atoms in total. The number of benzene rings is 3. The summed E-state index contributed by atoms with van der Waals surface area (Å²) in [6.45, 7) is 0.733. The molecule has 0 saturated heterocycles. The number of hydrogen-bond acceptors (Lipinski definition) is 6. The Bertz CT molecular complexity index is 1400. The molecule has 5 aromatic rings. The van der Waals surface area contributed by atoms with Crippen molar-refractivity contribution in [2.45, 2.75) is 6.42 Å². The van der Waals surface area contributed by atoms with Crippen LogP contribution in [0.15, 0.2) is 91.4 Å². The Morgan fingerprint density at radius 1 is 0.912 bits per heavy atom. The molecule has 0 aliphatic heterocycles. The molecule has 2 aromatic heterocycles. The van der Waals surface area contributed by atoms with Crippen molar-refractivity contribution >= 4 is 29.1 Å². The van der Waals surface area contributed by atoms with Crippen LogP contribution < -0.4 is 15.4 Å². The van der Waals surface area contributed by atoms with E-state index in [1.165, 1.54) is 5.56 Å². The number of imidazole rings is 1. The van der Waals surface area contributed by atoms with E-state index >= 15 is 0 Å². The second-order valence-electron chi connectivity index (χ2n) is 7.55. The molecule has 0 radical (unpaired) electrons. The minimum absolute atomic E-state index is 0.562. The van der Waals surface area contributed by atoms with Gasteiger partial charge in [0.2, 0.25) is 12.4 Å². The zero-order valence-electron chi connectivity index (χ0n) is 18.3. The first-order valence-corrected chi connectivity index (χ1v) is 10.8. The first-order chi connectivity index (χ1) is 16.8. The van der Waals surface area contributed by atoms with E-state index in [0.717, 1.165) is 24.0 Å². The van der Waals surface area contributed by atoms with Crippen molar-refractivity contribution in [3.05, 3.63) is 97.0 Å². The van der Waals surface area contributed by atoms with Gasteiger partial charge in [-0.3, -0.25) is 9.36 Å². The van der Waals surface area contributed by atoms with Gasteiger partial charge < -0.3 is 15.4 Å². The molecule has 0 bridgehead atoms. The predicted octanol–water partition coefficient (Wildman–Crippen LogP) is 4.83. The third-order valence-electron chi connectivity index (χ3n) is 5.26. The van der Waals surface area contributed by atoms with E-state index in [1.54, 1.807) is 36.8 Å². The summed E-state index contributed by atoms with van der Waals surface area (Å²) in [4.78, 5) is 24.1. The van der Waals surface area contributed by atoms with E-state index in [9.17, 15) is 4.79 Å². The first kappa shape index (κ1) is 21.1. The van der Waals surface area contributed by atoms with E-state index in [4.69, 9.17) is 4.74 Å². The monoisotopic (exact) mass is 450 g/mol. The first-order valence-electron chi connectivity index (χ1n) is 10.8. The summed E-state index contributed by atoms with van der Waals surface area (Å²) < 4.78 is 7.90. The van der Waals surface area contributed by atoms with E-state index in [-0.39, 0.29) is 0 Å². The highest BCUT2D eigenvalue weighted by molar-refractivity contribution is 5.79. The van der Waals surface area contributed by atoms with Crippen molar-refractivity contribution in [2.24, 2.45) is 0 Å². The molecule has 5 rings (SSSR count). The summed E-state index contributed by atoms with van der Waals surface area (Å²) in [6.07, 6.45) is 5.00. The quantitative estimate of drug-likeness (QED) is 0.313. The molecule has 0 fully saturated rings. The van der Waals surface area contributed by atoms with Crippen LogP contribution in [0.3, 0.4) is 0 Å². The highest BCUT2D eigenvalue weighted by atomic mass is 16.5. The fourth-order valence-corrected chi connectivity index (χ4v) is 3.59. The van der Waals surface area contributed by atoms with Crippen molar-refractivity contribution in [3.63, 3.8) is 0 Å². The van der Waals surface area contributed by atoms with Gasteiger partial charge in [0.15, 0.2) is 0 Å². The molecular formula is C26H22N6O2. The topological polar surface area (TPSA) is 94.0 Å². The zero-order valence-corrected chi connectivity index (χ0v) is 18.3. The van der Waals surface area contributed by atoms with Gasteiger partial charge in [0.1, 0.15) is 23.6 Å². The van der Waals surface area contributed by atoms with Gasteiger partial charge in [0, 0.05) is 24.5 Å². The Morgan fingerprint density at radius 2 is 1.74 bits per heavy atom. The Balaban J connectivity index is 1.33. The van der Waals surface area contributed by atoms with Crippen molar-refractivity contribution < 1.29 is 9.53 Å². The minimum atomic E-state index is 0.562. The van der Waals surface area contributed by atoms with Crippen LogP contribution in [0.25, 0.3) is 16.9 Å². The number of ether oxygens (including phenoxy) is 1. The number of nitrogens with zero attached hydrogens (tertiary/aromatic N) is 4. The lowest BCUT2D eigenvalue weighted by Crippen LogP contribution is -2.09. The van der Waals surface area contributed by atoms with E-state index in [1.807, 2.05) is 47.0 Å². The lowest BCUT2D eigenvalue weighted by atomic mass is 10.1. The Morgan fingerprint density at radius 3 is 2.56 bits per heavy atom. The summed E-state index contributed by atoms with van der Waals surface area (Å²) in [5.74, 6) is 2.60. The lowest BCUT2D eigenvalue weighted by molar-refractivity contribution is -0.105. The van der Waals surface area contributed by atoms with E-state index in [2.05, 4.69) is 37.7 Å². The molecule has 34 heavy (non-hydrogen) atoms. The second kappa shape index (κ2) is 9.83. The molecule has 0 saturated carbocycles. The van der Waals surface area contributed by atoms with Gasteiger partial charge in [-0.15, -0.1) is 0 Å². The van der Waals surface area contributed by atoms with Crippen molar-refractivity contribution in [1.29, 1.82) is 0 Å². The minimum Gasteiger partial charge on any atom is -0.457 e. The molecule has 3 aromatic carbocycles. The third kappa shape index (κ3) is 4.86. The zero-order chi connectivity index (χ0) is 23.2. The van der Waals surface area contributed by atoms with E-state index in [0.29, 0.717) is 35.4 Å². The van der Waals surface area contributed by atoms with Crippen LogP contribution in [0.2, 0.25) is 0 Å². The van der Waals surface area contributed by atoms with Crippen LogP contribution in [0.1, 0.15) is 5.56 Å². The van der Waals surface area contributed by atoms with Gasteiger partial charge in [0.05, 0.1) is 11.0 Å². The fraction of sp³-hybridized carbons (Fsp3) is 0.0769. The maximum absolute atomic E-state index is 10.6. The number of carbonyl (C=O) groups excluding carboxylic acids is 1. The number of rotatable bonds is 9. The largest absolute Gasteiger partial charge is 0.457 e. The van der Waals surface area contributed by atoms with Crippen molar-refractivity contribution in [3.8, 4) is 17.3 Å². The van der Waals surface area contributed by atoms with E-state index < -0.39 is 0 Å². The average molecular weight is 451 g/mol. The predicted molar refractivity (Wildman–Crippen MR) is 131 cm³/mol. The lowest BCUT2D eigenvalue weighted by Gasteiger charge is -2.09. The standard InChI is InChI=1S/C26H22N6O2/c33-18-30-20-6-8-21(9-7-20)34-22-10-11-23-24(16-22)32(17-29-23)25-13-15-28-26(31-25)27-14-12-19-4-2-1-3-5-19/h1-11,13,15-18H,12,14H2,(H,30,33)(H,27,28,31). The number of hydrogen-bond donors (Lipinski definition) is 2. The SMILES string of the molecule is O=CNc1ccc(Oc2ccc3ncn(-c4ccnc(NCCc5ccccc5)n4)c3c2)cc1. The Labute approximate surface area is 196 Å². The van der Waals surface area contributed by atoms with Crippen LogP contribution in [0, 0.1) is 0 Å². The highest BCUT2D eigenvalue weighted by Crippen LogP contribution is 2.27. The second-order valence-corrected chi connectivity index (χ2v) is 7.55. The molecule has 0 unspecified atom stereocenters. The summed E-state index contributed by atoms with van der Waals surface area (Å²) in [7, 11) is 0. The van der Waals surface area contributed by atoms with Crippen LogP contribution in [-0.4, -0.2) is 32.5 Å². The van der Waals surface area contributed by atoms with Gasteiger partial charge in [-0.2, -0.15) is 4.98 Å². The molecule has 2 heterocycles. The van der Waals surface area contributed by atoms with Gasteiger partial charge in [-0.25, -0.2) is 9.97 Å². The summed E-state index contributed by atoms with van der Waals surface area (Å²) in [6, 6.07) is 25.0. The Hall–Kier alpha value is -4.72. The molecule has 1 amide bonds.